The molecule has 0 aromatic carbocycles. The second-order valence-electron chi connectivity index (χ2n) is 5.52. The fourth-order valence-electron chi connectivity index (χ4n) is 3.06. The van der Waals surface area contributed by atoms with Crippen LogP contribution in [0, 0.1) is 0 Å². The minimum atomic E-state index is 0.334. The Bertz CT molecular complexity index is 589. The lowest BCUT2D eigenvalue weighted by molar-refractivity contribution is 0.115. The van der Waals surface area contributed by atoms with E-state index < -0.39 is 0 Å². The van der Waals surface area contributed by atoms with Gasteiger partial charge in [-0.2, -0.15) is 0 Å². The first kappa shape index (κ1) is 14.4. The summed E-state index contributed by atoms with van der Waals surface area (Å²) in [5, 5.41) is 0. The molecule has 0 aliphatic carbocycles. The summed E-state index contributed by atoms with van der Waals surface area (Å²) >= 11 is 0. The minimum Gasteiger partial charge on any atom is -0.376 e. The maximum atomic E-state index is 5.80. The molecule has 0 radical (unpaired) electrons. The van der Waals surface area contributed by atoms with E-state index in [4.69, 9.17) is 15.5 Å². The van der Waals surface area contributed by atoms with Crippen molar-refractivity contribution < 1.29 is 4.74 Å². The molecule has 0 saturated carbocycles. The van der Waals surface area contributed by atoms with Gasteiger partial charge in [0.25, 0.3) is 0 Å². The summed E-state index contributed by atoms with van der Waals surface area (Å²) in [5.74, 6) is 1.06. The smallest absolute Gasteiger partial charge is 0.151 e. The van der Waals surface area contributed by atoms with Gasteiger partial charge in [0, 0.05) is 32.3 Å². The number of aromatic nitrogens is 2. The Labute approximate surface area is 125 Å². The lowest BCUT2D eigenvalue weighted by atomic mass is 10.2. The summed E-state index contributed by atoms with van der Waals surface area (Å²) in [7, 11) is 0. The zero-order valence-electron chi connectivity index (χ0n) is 12.7. The highest BCUT2D eigenvalue weighted by molar-refractivity contribution is 5.56. The zero-order chi connectivity index (χ0) is 14.7. The van der Waals surface area contributed by atoms with Gasteiger partial charge in [-0.05, 0) is 38.4 Å². The number of likely N-dealkylation sites (N-methyl/N-ethyl adjacent to an activating group) is 1. The second kappa shape index (κ2) is 6.45. The van der Waals surface area contributed by atoms with Crippen molar-refractivity contribution in [2.24, 2.45) is 5.73 Å². The first-order valence-electron chi connectivity index (χ1n) is 7.86. The molecular weight excluding hydrogens is 264 g/mol. The van der Waals surface area contributed by atoms with Crippen LogP contribution < -0.4 is 10.6 Å². The molecule has 114 valence electrons. The van der Waals surface area contributed by atoms with Gasteiger partial charge >= 0.3 is 0 Å². The molecule has 21 heavy (non-hydrogen) atoms. The van der Waals surface area contributed by atoms with Gasteiger partial charge in [0.15, 0.2) is 5.82 Å². The largest absolute Gasteiger partial charge is 0.376 e. The molecule has 1 atom stereocenters. The van der Waals surface area contributed by atoms with E-state index >= 15 is 0 Å². The Morgan fingerprint density at radius 2 is 2.38 bits per heavy atom. The second-order valence-corrected chi connectivity index (χ2v) is 5.52. The molecule has 0 spiro atoms. The highest BCUT2D eigenvalue weighted by Crippen LogP contribution is 2.24. The predicted octanol–water partition coefficient (Wildman–Crippen LogP) is 1.84. The van der Waals surface area contributed by atoms with E-state index in [1.807, 2.05) is 18.2 Å². The van der Waals surface area contributed by atoms with Crippen LogP contribution in [-0.4, -0.2) is 41.7 Å². The molecule has 1 aliphatic heterocycles. The summed E-state index contributed by atoms with van der Waals surface area (Å²) < 4.78 is 7.93. The number of nitrogens with zero attached hydrogens (tertiary/aromatic N) is 3. The molecule has 1 saturated heterocycles. The van der Waals surface area contributed by atoms with Crippen LogP contribution in [0.2, 0.25) is 0 Å². The van der Waals surface area contributed by atoms with Gasteiger partial charge < -0.3 is 19.8 Å². The van der Waals surface area contributed by atoms with Crippen molar-refractivity contribution in [3.8, 4) is 0 Å². The Hall–Kier alpha value is -1.59. The lowest BCUT2D eigenvalue weighted by Gasteiger charge is -2.25. The molecule has 5 heteroatoms. The number of pyridine rings is 1. The average Bonchev–Trinajstić information content (AvgIpc) is 3.13. The van der Waals surface area contributed by atoms with Gasteiger partial charge in [0.1, 0.15) is 5.65 Å². The van der Waals surface area contributed by atoms with Gasteiger partial charge in [-0.25, -0.2) is 4.98 Å². The van der Waals surface area contributed by atoms with Gasteiger partial charge in [-0.3, -0.25) is 0 Å². The molecule has 2 aromatic heterocycles. The molecule has 1 unspecified atom stereocenters. The van der Waals surface area contributed by atoms with E-state index in [1.165, 1.54) is 12.1 Å². The molecule has 3 rings (SSSR count). The minimum absolute atomic E-state index is 0.334. The first-order chi connectivity index (χ1) is 10.3. The lowest BCUT2D eigenvalue weighted by Crippen LogP contribution is -2.33. The number of anilines is 1. The van der Waals surface area contributed by atoms with Crippen LogP contribution in [0.15, 0.2) is 24.4 Å². The van der Waals surface area contributed by atoms with E-state index in [0.29, 0.717) is 12.6 Å². The fourth-order valence-corrected chi connectivity index (χ4v) is 3.06. The molecular formula is C16H24N4O. The summed E-state index contributed by atoms with van der Waals surface area (Å²) in [6.07, 6.45) is 5.55. The topological polar surface area (TPSA) is 55.8 Å². The van der Waals surface area contributed by atoms with Crippen LogP contribution in [0.3, 0.4) is 0 Å². The number of imidazole rings is 1. The Kier molecular flexibility index (Phi) is 4.41. The van der Waals surface area contributed by atoms with Gasteiger partial charge in [-0.1, -0.05) is 6.07 Å². The molecule has 1 fully saturated rings. The van der Waals surface area contributed by atoms with Crippen molar-refractivity contribution in [1.29, 1.82) is 0 Å². The van der Waals surface area contributed by atoms with Crippen LogP contribution in [-0.2, 0) is 11.2 Å². The maximum Gasteiger partial charge on any atom is 0.151 e. The van der Waals surface area contributed by atoms with Crippen LogP contribution in [0.5, 0.6) is 0 Å². The number of hydrogen-bond donors (Lipinski definition) is 1. The molecule has 5 nitrogen and oxygen atoms in total. The van der Waals surface area contributed by atoms with Crippen molar-refractivity contribution in [3.63, 3.8) is 0 Å². The van der Waals surface area contributed by atoms with E-state index in [1.54, 1.807) is 0 Å². The van der Waals surface area contributed by atoms with Crippen LogP contribution >= 0.6 is 0 Å². The van der Waals surface area contributed by atoms with Crippen molar-refractivity contribution in [2.75, 3.05) is 31.1 Å². The normalized spacial score (nSPS) is 18.5. The highest BCUT2D eigenvalue weighted by atomic mass is 16.5. The van der Waals surface area contributed by atoms with Crippen LogP contribution in [0.4, 0.5) is 5.82 Å². The summed E-state index contributed by atoms with van der Waals surface area (Å²) in [6, 6.07) is 6.10. The Balaban J connectivity index is 1.93. The quantitative estimate of drug-likeness (QED) is 0.881. The summed E-state index contributed by atoms with van der Waals surface area (Å²) in [5.41, 5.74) is 7.99. The zero-order valence-corrected chi connectivity index (χ0v) is 12.7. The number of hydrogen-bond acceptors (Lipinski definition) is 4. The summed E-state index contributed by atoms with van der Waals surface area (Å²) in [4.78, 5) is 7.15. The van der Waals surface area contributed by atoms with E-state index in [0.717, 1.165) is 44.0 Å². The molecule has 1 aliphatic rings. The standard InChI is InChI=1S/C16H24N4O/c1-2-19(12-13-6-5-11-21-13)16-14(8-9-17)20-10-4-3-7-15(20)18-16/h3-4,7,10,13H,2,5-6,8-9,11-12,17H2,1H3. The van der Waals surface area contributed by atoms with Gasteiger partial charge in [0.2, 0.25) is 0 Å². The van der Waals surface area contributed by atoms with Crippen molar-refractivity contribution >= 4 is 11.5 Å². The number of ether oxygens (including phenoxy) is 1. The number of rotatable bonds is 6. The number of nitrogens with two attached hydrogens (primary N) is 1. The van der Waals surface area contributed by atoms with Crippen LogP contribution in [0.25, 0.3) is 5.65 Å². The molecule has 0 amide bonds. The maximum absolute atomic E-state index is 5.80. The van der Waals surface area contributed by atoms with Crippen molar-refractivity contribution in [2.45, 2.75) is 32.3 Å². The Morgan fingerprint density at radius 3 is 3.10 bits per heavy atom. The van der Waals surface area contributed by atoms with Crippen LogP contribution in [0.1, 0.15) is 25.5 Å². The van der Waals surface area contributed by atoms with E-state index in [2.05, 4.69) is 22.4 Å². The molecule has 2 N–H and O–H groups in total. The third-order valence-electron chi connectivity index (χ3n) is 4.12. The fraction of sp³-hybridized carbons (Fsp3) is 0.562. The molecule has 2 aromatic rings. The predicted molar refractivity (Wildman–Crippen MR) is 84.8 cm³/mol. The third-order valence-corrected chi connectivity index (χ3v) is 4.12. The highest BCUT2D eigenvalue weighted by Gasteiger charge is 2.22. The molecule has 3 heterocycles. The van der Waals surface area contributed by atoms with E-state index in [-0.39, 0.29) is 0 Å². The monoisotopic (exact) mass is 288 g/mol. The molecule has 0 bridgehead atoms. The SMILES string of the molecule is CCN(CC1CCCO1)c1nc2ccccn2c1CCN. The number of fused-ring (bicyclic) bond motifs is 1. The Morgan fingerprint density at radius 1 is 1.48 bits per heavy atom. The van der Waals surface area contributed by atoms with Gasteiger partial charge in [-0.15, -0.1) is 0 Å². The first-order valence-corrected chi connectivity index (χ1v) is 7.86. The summed E-state index contributed by atoms with van der Waals surface area (Å²) in [6.45, 7) is 5.54. The van der Waals surface area contributed by atoms with Gasteiger partial charge in [0.05, 0.1) is 11.8 Å². The average molecular weight is 288 g/mol. The van der Waals surface area contributed by atoms with Crippen molar-refractivity contribution in [1.82, 2.24) is 9.38 Å². The van der Waals surface area contributed by atoms with E-state index in [9.17, 15) is 0 Å². The third kappa shape index (κ3) is 2.89. The van der Waals surface area contributed by atoms with Crippen molar-refractivity contribution in [3.05, 3.63) is 30.1 Å².